The summed E-state index contributed by atoms with van der Waals surface area (Å²) in [5.41, 5.74) is 8.52. The van der Waals surface area contributed by atoms with E-state index in [4.69, 9.17) is 5.73 Å². The smallest absolute Gasteiger partial charge is 0.275 e. The van der Waals surface area contributed by atoms with Crippen LogP contribution in [0.4, 0.5) is 5.69 Å². The van der Waals surface area contributed by atoms with E-state index in [9.17, 15) is 20.1 Å². The molecule has 0 fully saturated rings. The minimum atomic E-state index is -0.522. The summed E-state index contributed by atoms with van der Waals surface area (Å²) in [5.74, 6) is -0.236. The molecule has 0 aliphatic heterocycles. The number of aromatic amines is 1. The number of nitrogens with one attached hydrogen (secondary N) is 1. The number of nitrogen functional groups attached to an aromatic ring is 1. The van der Waals surface area contributed by atoms with Crippen LogP contribution >= 0.6 is 0 Å². The van der Waals surface area contributed by atoms with Crippen LogP contribution in [0.1, 0.15) is 0 Å². The van der Waals surface area contributed by atoms with Gasteiger partial charge < -0.3 is 26.0 Å². The Morgan fingerprint density at radius 1 is 0.778 bits per heavy atom. The highest BCUT2D eigenvalue weighted by atomic mass is 16.3. The van der Waals surface area contributed by atoms with Crippen LogP contribution in [0.15, 0.2) is 65.5 Å². The lowest BCUT2D eigenvalue weighted by Gasteiger charge is -2.09. The summed E-state index contributed by atoms with van der Waals surface area (Å²) < 4.78 is 0. The fourth-order valence-electron chi connectivity index (χ4n) is 3.08. The number of nitrogens with two attached hydrogens (primary N) is 1. The van der Waals surface area contributed by atoms with Crippen molar-refractivity contribution >= 4 is 16.6 Å². The lowest BCUT2D eigenvalue weighted by molar-refractivity contribution is 0.452. The largest absolute Gasteiger partial charge is 0.508 e. The Hall–Kier alpha value is -3.93. The van der Waals surface area contributed by atoms with Crippen molar-refractivity contribution in [2.75, 3.05) is 5.73 Å². The summed E-state index contributed by atoms with van der Waals surface area (Å²) in [7, 11) is 0. The number of phenols is 2. The van der Waals surface area contributed by atoms with E-state index in [2.05, 4.69) is 4.98 Å². The van der Waals surface area contributed by atoms with Crippen LogP contribution in [0.3, 0.4) is 0 Å². The van der Waals surface area contributed by atoms with Gasteiger partial charge in [-0.2, -0.15) is 0 Å². The molecule has 6 heteroatoms. The third kappa shape index (κ3) is 2.83. The summed E-state index contributed by atoms with van der Waals surface area (Å²) >= 11 is 0. The number of anilines is 1. The van der Waals surface area contributed by atoms with E-state index in [1.54, 1.807) is 18.2 Å². The zero-order valence-corrected chi connectivity index (χ0v) is 14.1. The predicted molar refractivity (Wildman–Crippen MR) is 105 cm³/mol. The molecule has 27 heavy (non-hydrogen) atoms. The molecule has 0 atom stereocenters. The number of rotatable bonds is 2. The zero-order valence-electron chi connectivity index (χ0n) is 14.1. The van der Waals surface area contributed by atoms with Crippen LogP contribution in [-0.4, -0.2) is 20.3 Å². The van der Waals surface area contributed by atoms with E-state index in [1.807, 2.05) is 30.3 Å². The topological polar surface area (TPSA) is 120 Å². The second-order valence-electron chi connectivity index (χ2n) is 6.26. The normalized spacial score (nSPS) is 11.0. The summed E-state index contributed by atoms with van der Waals surface area (Å²) in [6, 6.07) is 17.2. The fourth-order valence-corrected chi connectivity index (χ4v) is 3.08. The second-order valence-corrected chi connectivity index (χ2v) is 6.26. The Balaban J connectivity index is 1.77. The van der Waals surface area contributed by atoms with Gasteiger partial charge in [-0.05, 0) is 41.0 Å². The van der Waals surface area contributed by atoms with Crippen molar-refractivity contribution in [2.45, 2.75) is 0 Å². The van der Waals surface area contributed by atoms with Crippen molar-refractivity contribution in [2.24, 2.45) is 0 Å². The number of phenolic OH excluding ortho intramolecular Hbond substituents is 2. The average molecular weight is 360 g/mol. The minimum absolute atomic E-state index is 0.00107. The summed E-state index contributed by atoms with van der Waals surface area (Å²) in [6.45, 7) is 0. The highest BCUT2D eigenvalue weighted by Crippen LogP contribution is 2.34. The van der Waals surface area contributed by atoms with Crippen molar-refractivity contribution in [1.82, 2.24) is 4.98 Å². The summed E-state index contributed by atoms with van der Waals surface area (Å²) in [6.07, 6.45) is 0. The van der Waals surface area contributed by atoms with E-state index in [0.29, 0.717) is 16.5 Å². The van der Waals surface area contributed by atoms with Gasteiger partial charge in [0.05, 0.1) is 5.52 Å². The minimum Gasteiger partial charge on any atom is -0.508 e. The van der Waals surface area contributed by atoms with Crippen molar-refractivity contribution < 1.29 is 15.3 Å². The van der Waals surface area contributed by atoms with Gasteiger partial charge in [0.2, 0.25) is 0 Å². The quantitative estimate of drug-likeness (QED) is 0.374. The first-order chi connectivity index (χ1) is 12.9. The molecule has 0 unspecified atom stereocenters. The van der Waals surface area contributed by atoms with Crippen molar-refractivity contribution in [3.63, 3.8) is 0 Å². The first kappa shape index (κ1) is 16.5. The van der Waals surface area contributed by atoms with Gasteiger partial charge in [-0.15, -0.1) is 0 Å². The Kier molecular flexibility index (Phi) is 3.74. The molecule has 0 spiro atoms. The van der Waals surface area contributed by atoms with Crippen LogP contribution in [0, 0.1) is 0 Å². The first-order valence-corrected chi connectivity index (χ1v) is 8.21. The third-order valence-electron chi connectivity index (χ3n) is 4.53. The number of H-pyrrole nitrogens is 1. The van der Waals surface area contributed by atoms with Crippen molar-refractivity contribution in [1.29, 1.82) is 0 Å². The van der Waals surface area contributed by atoms with Crippen LogP contribution < -0.4 is 11.3 Å². The molecule has 4 rings (SSSR count). The predicted octanol–water partition coefficient (Wildman–Crippen LogP) is 3.56. The van der Waals surface area contributed by atoms with Gasteiger partial charge >= 0.3 is 0 Å². The SMILES string of the molecule is Nc1c(O)c2cc(-c3ccc(-c4ccc(O)cc4O)cc3)ccc2[nH]c1=O. The van der Waals surface area contributed by atoms with Crippen molar-refractivity contribution in [3.05, 3.63) is 71.0 Å². The van der Waals surface area contributed by atoms with Gasteiger partial charge in [0, 0.05) is 17.0 Å². The fraction of sp³-hybridized carbons (Fsp3) is 0. The molecule has 0 radical (unpaired) electrons. The van der Waals surface area contributed by atoms with Gasteiger partial charge in [-0.3, -0.25) is 4.79 Å². The molecule has 0 bridgehead atoms. The van der Waals surface area contributed by atoms with E-state index in [-0.39, 0.29) is 22.9 Å². The van der Waals surface area contributed by atoms with Crippen LogP contribution in [0.5, 0.6) is 17.2 Å². The maximum Gasteiger partial charge on any atom is 0.275 e. The van der Waals surface area contributed by atoms with Crippen LogP contribution in [0.25, 0.3) is 33.2 Å². The van der Waals surface area contributed by atoms with E-state index in [0.717, 1.165) is 16.7 Å². The molecule has 4 aromatic rings. The van der Waals surface area contributed by atoms with Gasteiger partial charge in [0.25, 0.3) is 5.56 Å². The molecule has 0 saturated heterocycles. The summed E-state index contributed by atoms with van der Waals surface area (Å²) in [5, 5.41) is 30.0. The molecule has 0 amide bonds. The highest BCUT2D eigenvalue weighted by molar-refractivity contribution is 5.92. The Labute approximate surface area is 153 Å². The molecule has 1 heterocycles. The third-order valence-corrected chi connectivity index (χ3v) is 4.53. The maximum absolute atomic E-state index is 11.7. The van der Waals surface area contributed by atoms with E-state index >= 15 is 0 Å². The number of benzene rings is 3. The van der Waals surface area contributed by atoms with Crippen LogP contribution in [-0.2, 0) is 0 Å². The van der Waals surface area contributed by atoms with E-state index < -0.39 is 5.56 Å². The second kappa shape index (κ2) is 6.10. The van der Waals surface area contributed by atoms with Gasteiger partial charge in [-0.25, -0.2) is 0 Å². The highest BCUT2D eigenvalue weighted by Gasteiger charge is 2.10. The molecule has 6 nitrogen and oxygen atoms in total. The molecule has 6 N–H and O–H groups in total. The maximum atomic E-state index is 11.7. The molecular weight excluding hydrogens is 344 g/mol. The molecule has 134 valence electrons. The molecule has 0 aliphatic carbocycles. The number of hydrogen-bond acceptors (Lipinski definition) is 5. The monoisotopic (exact) mass is 360 g/mol. The lowest BCUT2D eigenvalue weighted by atomic mass is 9.98. The number of pyridine rings is 1. The number of fused-ring (bicyclic) bond motifs is 1. The van der Waals surface area contributed by atoms with Gasteiger partial charge in [0.1, 0.15) is 17.2 Å². The lowest BCUT2D eigenvalue weighted by Crippen LogP contribution is -2.11. The first-order valence-electron chi connectivity index (χ1n) is 8.21. The van der Waals surface area contributed by atoms with Gasteiger partial charge in [0.15, 0.2) is 5.75 Å². The molecule has 0 aliphatic rings. The summed E-state index contributed by atoms with van der Waals surface area (Å²) in [4.78, 5) is 14.3. The molecule has 3 aromatic carbocycles. The molecule has 1 aromatic heterocycles. The average Bonchev–Trinajstić information content (AvgIpc) is 2.66. The Morgan fingerprint density at radius 2 is 1.44 bits per heavy atom. The van der Waals surface area contributed by atoms with E-state index in [1.165, 1.54) is 12.1 Å². The molecule has 0 saturated carbocycles. The number of aromatic hydroxyl groups is 3. The zero-order chi connectivity index (χ0) is 19.1. The Morgan fingerprint density at radius 3 is 2.15 bits per heavy atom. The van der Waals surface area contributed by atoms with Gasteiger partial charge in [-0.1, -0.05) is 30.3 Å². The molecular formula is C21H16N2O4. The number of hydrogen-bond donors (Lipinski definition) is 5. The standard InChI is InChI=1S/C21H16N2O4/c22-19-20(26)16-9-13(5-8-17(16)23-21(19)27)11-1-3-12(4-2-11)15-7-6-14(24)10-18(15)25/h1-10,24-25H,22H2,(H2,23,26,27). The van der Waals surface area contributed by atoms with Crippen molar-refractivity contribution in [3.8, 4) is 39.5 Å². The Bertz CT molecular complexity index is 1230. The van der Waals surface area contributed by atoms with Crippen LogP contribution in [0.2, 0.25) is 0 Å². The number of aromatic nitrogens is 1.